The summed E-state index contributed by atoms with van der Waals surface area (Å²) in [6.07, 6.45) is 6.49. The van der Waals surface area contributed by atoms with Crippen LogP contribution in [-0.2, 0) is 14.4 Å². The molecule has 180 valence electrons. The van der Waals surface area contributed by atoms with Crippen LogP contribution >= 0.6 is 0 Å². The lowest BCUT2D eigenvalue weighted by Gasteiger charge is -2.14. The van der Waals surface area contributed by atoms with Gasteiger partial charge in [-0.05, 0) is 53.6 Å². The van der Waals surface area contributed by atoms with Gasteiger partial charge in [0.1, 0.15) is 5.75 Å². The summed E-state index contributed by atoms with van der Waals surface area (Å²) < 4.78 is 5.91. The van der Waals surface area contributed by atoms with E-state index in [1.165, 1.54) is 6.21 Å². The maximum Gasteiger partial charge on any atom is 0.262 e. The Balaban J connectivity index is 1.25. The lowest BCUT2D eigenvalue weighted by atomic mass is 9.85. The summed E-state index contributed by atoms with van der Waals surface area (Å²) in [5, 5.41) is 10.0. The molecule has 0 aromatic heterocycles. The van der Waals surface area contributed by atoms with E-state index in [1.54, 1.807) is 6.07 Å². The zero-order chi connectivity index (χ0) is 24.8. The molecule has 1 heterocycles. The third-order valence-corrected chi connectivity index (χ3v) is 7.46. The van der Waals surface area contributed by atoms with E-state index in [2.05, 4.69) is 22.6 Å². The molecule has 2 fully saturated rings. The molecule has 3 aromatic carbocycles. The van der Waals surface area contributed by atoms with Crippen molar-refractivity contribution >= 4 is 40.4 Å². The molecule has 4 atom stereocenters. The highest BCUT2D eigenvalue weighted by Crippen LogP contribution is 2.52. The number of aryl methyl sites for hydroxylation is 1. The van der Waals surface area contributed by atoms with Crippen molar-refractivity contribution in [3.8, 4) is 5.75 Å². The summed E-state index contributed by atoms with van der Waals surface area (Å²) in [5.74, 6) is -0.688. The van der Waals surface area contributed by atoms with Gasteiger partial charge in [0, 0.05) is 11.3 Å². The molecule has 3 aliphatic rings. The lowest BCUT2D eigenvalue weighted by molar-refractivity contribution is -0.140. The maximum absolute atomic E-state index is 13.0. The molecule has 7 nitrogen and oxygen atoms in total. The quantitative estimate of drug-likeness (QED) is 0.324. The number of allylic oxidation sites excluding steroid dienone is 2. The molecule has 1 saturated heterocycles. The van der Waals surface area contributed by atoms with Crippen LogP contribution in [0, 0.1) is 30.6 Å². The van der Waals surface area contributed by atoms with Crippen molar-refractivity contribution < 1.29 is 19.1 Å². The molecule has 6 rings (SSSR count). The van der Waals surface area contributed by atoms with Gasteiger partial charge in [0.2, 0.25) is 0 Å². The summed E-state index contributed by atoms with van der Waals surface area (Å²) in [6.45, 7) is 1.72. The van der Waals surface area contributed by atoms with Crippen molar-refractivity contribution in [3.05, 3.63) is 83.9 Å². The Kier molecular flexibility index (Phi) is 5.40. The van der Waals surface area contributed by atoms with E-state index in [4.69, 9.17) is 4.74 Å². The minimum atomic E-state index is -0.307. The number of ether oxygens (including phenoxy) is 1. The fourth-order valence-corrected chi connectivity index (χ4v) is 5.69. The van der Waals surface area contributed by atoms with Gasteiger partial charge < -0.3 is 10.1 Å². The molecule has 0 radical (unpaired) electrons. The van der Waals surface area contributed by atoms with Gasteiger partial charge in [-0.15, -0.1) is 0 Å². The number of fused-ring (bicyclic) bond motifs is 6. The van der Waals surface area contributed by atoms with E-state index >= 15 is 0 Å². The van der Waals surface area contributed by atoms with Gasteiger partial charge in [-0.2, -0.15) is 10.1 Å². The van der Waals surface area contributed by atoms with Crippen molar-refractivity contribution in [2.45, 2.75) is 13.3 Å². The monoisotopic (exact) mass is 479 g/mol. The first kappa shape index (κ1) is 22.2. The zero-order valence-corrected chi connectivity index (χ0v) is 19.8. The predicted octanol–water partition coefficient (Wildman–Crippen LogP) is 4.31. The van der Waals surface area contributed by atoms with Gasteiger partial charge in [0.25, 0.3) is 17.7 Å². The highest BCUT2D eigenvalue weighted by atomic mass is 16.5. The third kappa shape index (κ3) is 3.68. The second-order valence-corrected chi connectivity index (χ2v) is 9.58. The summed E-state index contributed by atoms with van der Waals surface area (Å²) in [6, 6.07) is 18.9. The minimum Gasteiger partial charge on any atom is -0.483 e. The Labute approximate surface area is 208 Å². The molecule has 36 heavy (non-hydrogen) atoms. The predicted molar refractivity (Wildman–Crippen MR) is 136 cm³/mol. The maximum atomic E-state index is 13.0. The fraction of sp³-hybridized carbons (Fsp3) is 0.241. The summed E-state index contributed by atoms with van der Waals surface area (Å²) >= 11 is 0. The number of amides is 3. The molecule has 3 amide bonds. The lowest BCUT2D eigenvalue weighted by Crippen LogP contribution is -2.28. The standard InChI is InChI=1S/C29H25N3O4/c1-17-6-2-5-9-23(17)31-25(33)16-36-24-13-12-18-7-3-4-8-21(18)22(24)15-30-32-28(34)26-19-10-11-20(14-19)27(26)29(32)35/h2-13,15,19-20,26-27H,14,16H2,1H3,(H,31,33). The number of hydrazone groups is 1. The van der Waals surface area contributed by atoms with Crippen molar-refractivity contribution in [2.24, 2.45) is 28.8 Å². The second kappa shape index (κ2) is 8.75. The number of carbonyl (C=O) groups is 3. The number of imide groups is 1. The smallest absolute Gasteiger partial charge is 0.262 e. The van der Waals surface area contributed by atoms with Crippen LogP contribution in [0.3, 0.4) is 0 Å². The summed E-state index contributed by atoms with van der Waals surface area (Å²) in [5.41, 5.74) is 2.29. The zero-order valence-electron chi connectivity index (χ0n) is 19.8. The first-order chi connectivity index (χ1) is 17.5. The number of nitrogens with one attached hydrogen (secondary N) is 1. The molecule has 1 saturated carbocycles. The Morgan fingerprint density at radius 2 is 1.69 bits per heavy atom. The molecule has 4 unspecified atom stereocenters. The van der Waals surface area contributed by atoms with Crippen molar-refractivity contribution in [2.75, 3.05) is 11.9 Å². The number of nitrogens with zero attached hydrogens (tertiary/aromatic N) is 2. The van der Waals surface area contributed by atoms with Crippen molar-refractivity contribution in [3.63, 3.8) is 0 Å². The van der Waals surface area contributed by atoms with Crippen LogP contribution < -0.4 is 10.1 Å². The Hall–Kier alpha value is -4.26. The number of rotatable bonds is 6. The molecular formula is C29H25N3O4. The van der Waals surface area contributed by atoms with Gasteiger partial charge in [0.15, 0.2) is 6.61 Å². The number of anilines is 1. The largest absolute Gasteiger partial charge is 0.483 e. The highest BCUT2D eigenvalue weighted by Gasteiger charge is 2.59. The van der Waals surface area contributed by atoms with E-state index in [0.717, 1.165) is 33.5 Å². The SMILES string of the molecule is Cc1ccccc1NC(=O)COc1ccc2ccccc2c1C=NN1C(=O)C2C3C=CC(C3)C2C1=O. The normalized spacial score (nSPS) is 24.2. The molecule has 1 aliphatic heterocycles. The molecule has 1 N–H and O–H groups in total. The van der Waals surface area contributed by atoms with Crippen LogP contribution in [0.1, 0.15) is 17.5 Å². The number of hydrogen-bond donors (Lipinski definition) is 1. The number of hydrogen-bond acceptors (Lipinski definition) is 5. The fourth-order valence-electron chi connectivity index (χ4n) is 5.69. The number of para-hydroxylation sites is 1. The van der Waals surface area contributed by atoms with Gasteiger partial charge in [0.05, 0.1) is 18.1 Å². The first-order valence-electron chi connectivity index (χ1n) is 12.1. The van der Waals surface area contributed by atoms with Crippen LogP contribution in [0.2, 0.25) is 0 Å². The van der Waals surface area contributed by atoms with Gasteiger partial charge in [-0.25, -0.2) is 0 Å². The van der Waals surface area contributed by atoms with Crippen LogP contribution in [0.25, 0.3) is 10.8 Å². The van der Waals surface area contributed by atoms with E-state index in [-0.39, 0.29) is 48.0 Å². The Bertz CT molecular complexity index is 1430. The topological polar surface area (TPSA) is 88.1 Å². The Morgan fingerprint density at radius 1 is 1.00 bits per heavy atom. The average Bonchev–Trinajstić information content (AvgIpc) is 3.57. The van der Waals surface area contributed by atoms with E-state index in [9.17, 15) is 14.4 Å². The van der Waals surface area contributed by atoms with Crippen molar-refractivity contribution in [1.29, 1.82) is 0 Å². The molecular weight excluding hydrogens is 454 g/mol. The second-order valence-electron chi connectivity index (χ2n) is 9.58. The van der Waals surface area contributed by atoms with Gasteiger partial charge in [-0.3, -0.25) is 14.4 Å². The summed E-state index contributed by atoms with van der Waals surface area (Å²) in [7, 11) is 0. The molecule has 7 heteroatoms. The molecule has 3 aromatic rings. The number of benzene rings is 3. The molecule has 2 bridgehead atoms. The van der Waals surface area contributed by atoms with Crippen molar-refractivity contribution in [1.82, 2.24) is 5.01 Å². The summed E-state index contributed by atoms with van der Waals surface area (Å²) in [4.78, 5) is 38.7. The van der Waals surface area contributed by atoms with E-state index in [1.807, 2.05) is 61.5 Å². The number of carbonyl (C=O) groups excluding carboxylic acids is 3. The van der Waals surface area contributed by atoms with Crippen LogP contribution in [0.4, 0.5) is 5.69 Å². The average molecular weight is 480 g/mol. The highest BCUT2D eigenvalue weighted by molar-refractivity contribution is 6.08. The third-order valence-electron chi connectivity index (χ3n) is 7.46. The Morgan fingerprint density at radius 3 is 2.44 bits per heavy atom. The van der Waals surface area contributed by atoms with Crippen LogP contribution in [0.15, 0.2) is 77.9 Å². The minimum absolute atomic E-state index is 0.125. The van der Waals surface area contributed by atoms with Crippen LogP contribution in [-0.4, -0.2) is 35.6 Å². The van der Waals surface area contributed by atoms with E-state index < -0.39 is 0 Å². The first-order valence-corrected chi connectivity index (χ1v) is 12.1. The molecule has 2 aliphatic carbocycles. The van der Waals surface area contributed by atoms with Gasteiger partial charge >= 0.3 is 0 Å². The van der Waals surface area contributed by atoms with E-state index in [0.29, 0.717) is 11.3 Å². The van der Waals surface area contributed by atoms with Gasteiger partial charge in [-0.1, -0.05) is 60.7 Å². The van der Waals surface area contributed by atoms with Crippen LogP contribution in [0.5, 0.6) is 5.75 Å². The molecule has 0 spiro atoms.